The minimum atomic E-state index is -3.54. The molecule has 0 fully saturated rings. The number of hydrogen-bond donors (Lipinski definition) is 3. The Morgan fingerprint density at radius 2 is 1.77 bits per heavy atom. The average Bonchev–Trinajstić information content (AvgIpc) is 2.34. The molecule has 1 atom stereocenters. The first kappa shape index (κ1) is 21.1. The topological polar surface area (TPSA) is 87.7 Å². The summed E-state index contributed by atoms with van der Waals surface area (Å²) >= 11 is 0. The van der Waals surface area contributed by atoms with Crippen LogP contribution in [0.15, 0.2) is 29.2 Å². The van der Waals surface area contributed by atoms with Crippen LogP contribution in [0.2, 0.25) is 0 Å². The monoisotopic (exact) mass is 352 g/mol. The van der Waals surface area contributed by atoms with Crippen LogP contribution in [0.1, 0.15) is 20.8 Å². The molecule has 22 heavy (non-hydrogen) atoms. The highest BCUT2D eigenvalue weighted by atomic mass is 35.5. The van der Waals surface area contributed by atoms with Crippen molar-refractivity contribution in [2.45, 2.75) is 37.3 Å². The normalized spacial score (nSPS) is 13.3. The molecule has 0 amide bonds. The third kappa shape index (κ3) is 7.42. The first-order valence-corrected chi connectivity index (χ1v) is 8.22. The minimum absolute atomic E-state index is 0. The largest absolute Gasteiger partial charge is 0.491 e. The van der Waals surface area contributed by atoms with Crippen molar-refractivity contribution in [3.8, 4) is 5.75 Å². The van der Waals surface area contributed by atoms with E-state index in [9.17, 15) is 13.5 Å². The Hall–Kier alpha value is -0.860. The van der Waals surface area contributed by atoms with E-state index in [1.54, 1.807) is 40.0 Å². The van der Waals surface area contributed by atoms with Crippen molar-refractivity contribution in [2.75, 3.05) is 20.2 Å². The van der Waals surface area contributed by atoms with E-state index >= 15 is 0 Å². The van der Waals surface area contributed by atoms with Crippen molar-refractivity contribution >= 4 is 22.4 Å². The molecule has 0 aliphatic rings. The summed E-state index contributed by atoms with van der Waals surface area (Å²) in [7, 11) is -1.80. The fourth-order valence-corrected chi connectivity index (χ4v) is 3.08. The van der Waals surface area contributed by atoms with Crippen LogP contribution in [-0.2, 0) is 10.0 Å². The third-order valence-electron chi connectivity index (χ3n) is 2.46. The van der Waals surface area contributed by atoms with Crippen molar-refractivity contribution in [3.63, 3.8) is 0 Å². The van der Waals surface area contributed by atoms with Gasteiger partial charge in [-0.05, 0) is 52.1 Å². The molecule has 0 saturated heterocycles. The Morgan fingerprint density at radius 3 is 2.23 bits per heavy atom. The molecule has 0 radical (unpaired) electrons. The lowest BCUT2D eigenvalue weighted by Gasteiger charge is -2.20. The standard InChI is InChI=1S/C14H24N2O4S.ClH/c1-14(2,3)16-21(18,19)13-7-5-12(6-8-13)20-10-11(17)9-15-4;/h5-8,11,15-17H,9-10H2,1-4H3;1H. The molecule has 1 unspecified atom stereocenters. The van der Waals surface area contributed by atoms with Gasteiger partial charge in [-0.15, -0.1) is 12.4 Å². The zero-order valence-corrected chi connectivity index (χ0v) is 14.9. The second kappa shape index (κ2) is 8.69. The smallest absolute Gasteiger partial charge is 0.241 e. The quantitative estimate of drug-likeness (QED) is 0.685. The number of benzene rings is 1. The van der Waals surface area contributed by atoms with E-state index < -0.39 is 21.7 Å². The Balaban J connectivity index is 0.00000441. The molecule has 128 valence electrons. The highest BCUT2D eigenvalue weighted by Gasteiger charge is 2.21. The molecule has 0 aliphatic carbocycles. The molecular weight excluding hydrogens is 328 g/mol. The van der Waals surface area contributed by atoms with Gasteiger partial charge in [0.05, 0.1) is 4.90 Å². The van der Waals surface area contributed by atoms with Crippen molar-refractivity contribution in [3.05, 3.63) is 24.3 Å². The number of nitrogens with one attached hydrogen (secondary N) is 2. The Bertz CT molecular complexity index is 541. The summed E-state index contributed by atoms with van der Waals surface area (Å²) in [6.45, 7) is 5.93. The number of halogens is 1. The number of aliphatic hydroxyl groups is 1. The van der Waals surface area contributed by atoms with Gasteiger partial charge in [0.2, 0.25) is 10.0 Å². The first-order valence-electron chi connectivity index (χ1n) is 6.73. The molecule has 1 rings (SSSR count). The number of likely N-dealkylation sites (N-methyl/N-ethyl adjacent to an activating group) is 1. The van der Waals surface area contributed by atoms with Crippen LogP contribution in [0.25, 0.3) is 0 Å². The van der Waals surface area contributed by atoms with Gasteiger partial charge < -0.3 is 15.2 Å². The van der Waals surface area contributed by atoms with Crippen molar-refractivity contribution in [1.82, 2.24) is 10.0 Å². The summed E-state index contributed by atoms with van der Waals surface area (Å²) in [5, 5.41) is 12.4. The van der Waals surface area contributed by atoms with E-state index in [0.29, 0.717) is 12.3 Å². The number of rotatable bonds is 7. The molecule has 1 aromatic rings. The molecule has 6 nitrogen and oxygen atoms in total. The summed E-state index contributed by atoms with van der Waals surface area (Å²) in [4.78, 5) is 0.181. The predicted octanol–water partition coefficient (Wildman–Crippen LogP) is 1.14. The van der Waals surface area contributed by atoms with Gasteiger partial charge in [-0.3, -0.25) is 0 Å². The van der Waals surface area contributed by atoms with Gasteiger partial charge in [0.25, 0.3) is 0 Å². The maximum atomic E-state index is 12.1. The van der Waals surface area contributed by atoms with Crippen LogP contribution in [0.4, 0.5) is 0 Å². The SMILES string of the molecule is CNCC(O)COc1ccc(S(=O)(=O)NC(C)(C)C)cc1.Cl. The lowest BCUT2D eigenvalue weighted by Crippen LogP contribution is -2.40. The minimum Gasteiger partial charge on any atom is -0.491 e. The van der Waals surface area contributed by atoms with Crippen molar-refractivity contribution < 1.29 is 18.3 Å². The van der Waals surface area contributed by atoms with Crippen molar-refractivity contribution in [1.29, 1.82) is 0 Å². The Kier molecular flexibility index (Phi) is 8.35. The van der Waals surface area contributed by atoms with E-state index in [4.69, 9.17) is 4.74 Å². The zero-order chi connectivity index (χ0) is 16.1. The molecule has 0 saturated carbocycles. The molecule has 0 aliphatic heterocycles. The Labute approximate surface area is 138 Å². The van der Waals surface area contributed by atoms with E-state index in [2.05, 4.69) is 10.0 Å². The fraction of sp³-hybridized carbons (Fsp3) is 0.571. The van der Waals surface area contributed by atoms with Gasteiger partial charge in [0.15, 0.2) is 0 Å². The average molecular weight is 353 g/mol. The van der Waals surface area contributed by atoms with Crippen LogP contribution in [0, 0.1) is 0 Å². The van der Waals surface area contributed by atoms with E-state index in [1.165, 1.54) is 12.1 Å². The molecule has 1 aromatic carbocycles. The predicted molar refractivity (Wildman–Crippen MR) is 89.2 cm³/mol. The van der Waals surface area contributed by atoms with E-state index in [1.807, 2.05) is 0 Å². The van der Waals surface area contributed by atoms with E-state index in [0.717, 1.165) is 0 Å². The zero-order valence-electron chi connectivity index (χ0n) is 13.3. The van der Waals surface area contributed by atoms with Gasteiger partial charge >= 0.3 is 0 Å². The van der Waals surface area contributed by atoms with Gasteiger partial charge in [0.1, 0.15) is 18.5 Å². The van der Waals surface area contributed by atoms with Gasteiger partial charge in [-0.25, -0.2) is 13.1 Å². The summed E-state index contributed by atoms with van der Waals surface area (Å²) in [5.41, 5.74) is -0.536. The highest BCUT2D eigenvalue weighted by molar-refractivity contribution is 7.89. The van der Waals surface area contributed by atoms with Crippen LogP contribution < -0.4 is 14.8 Å². The number of ether oxygens (including phenoxy) is 1. The second-order valence-corrected chi connectivity index (χ2v) is 7.53. The maximum Gasteiger partial charge on any atom is 0.241 e. The first-order chi connectivity index (χ1) is 9.64. The van der Waals surface area contributed by atoms with Gasteiger partial charge in [-0.1, -0.05) is 0 Å². The fourth-order valence-electron chi connectivity index (χ4n) is 1.66. The van der Waals surface area contributed by atoms with E-state index in [-0.39, 0.29) is 23.9 Å². The molecule has 0 bridgehead atoms. The molecule has 0 heterocycles. The summed E-state index contributed by atoms with van der Waals surface area (Å²) in [5.74, 6) is 0.514. The molecule has 3 N–H and O–H groups in total. The van der Waals surface area contributed by atoms with Crippen molar-refractivity contribution in [2.24, 2.45) is 0 Å². The molecule has 0 aromatic heterocycles. The lowest BCUT2D eigenvalue weighted by molar-refractivity contribution is 0.108. The van der Waals surface area contributed by atoms with Crippen LogP contribution in [0.3, 0.4) is 0 Å². The molecular formula is C14H25ClN2O4S. The van der Waals surface area contributed by atoms with Gasteiger partial charge in [0, 0.05) is 12.1 Å². The summed E-state index contributed by atoms with van der Waals surface area (Å²) in [6, 6.07) is 6.11. The summed E-state index contributed by atoms with van der Waals surface area (Å²) in [6.07, 6.45) is -0.610. The molecule has 0 spiro atoms. The second-order valence-electron chi connectivity index (χ2n) is 5.85. The van der Waals surface area contributed by atoms with Crippen LogP contribution in [0.5, 0.6) is 5.75 Å². The maximum absolute atomic E-state index is 12.1. The Morgan fingerprint density at radius 1 is 1.23 bits per heavy atom. The van der Waals surface area contributed by atoms with Crippen LogP contribution in [-0.4, -0.2) is 45.4 Å². The number of aliphatic hydroxyl groups excluding tert-OH is 1. The third-order valence-corrected chi connectivity index (χ3v) is 4.23. The van der Waals surface area contributed by atoms with Crippen LogP contribution >= 0.6 is 12.4 Å². The summed E-state index contributed by atoms with van der Waals surface area (Å²) < 4.78 is 32.2. The lowest BCUT2D eigenvalue weighted by atomic mass is 10.1. The highest BCUT2D eigenvalue weighted by Crippen LogP contribution is 2.17. The van der Waals surface area contributed by atoms with Gasteiger partial charge in [-0.2, -0.15) is 0 Å². The number of sulfonamides is 1. The molecule has 8 heteroatoms. The number of hydrogen-bond acceptors (Lipinski definition) is 5.